The molecule has 0 radical (unpaired) electrons. The van der Waals surface area contributed by atoms with Gasteiger partial charge in [-0.15, -0.1) is 0 Å². The molecule has 0 spiro atoms. The number of nitrogens with zero attached hydrogens (tertiary/aromatic N) is 2. The molecule has 0 amide bonds. The summed E-state index contributed by atoms with van der Waals surface area (Å²) in [6, 6.07) is 75.8. The van der Waals surface area contributed by atoms with E-state index in [2.05, 4.69) is 216 Å². The highest BCUT2D eigenvalue weighted by atomic mass is 15.1. The Morgan fingerprint density at radius 1 is 0.304 bits per heavy atom. The maximum atomic E-state index is 2.43. The third-order valence-corrected chi connectivity index (χ3v) is 11.9. The van der Waals surface area contributed by atoms with Crippen molar-refractivity contribution in [3.63, 3.8) is 0 Å². The van der Waals surface area contributed by atoms with Crippen LogP contribution in [-0.4, -0.2) is 4.57 Å². The van der Waals surface area contributed by atoms with Gasteiger partial charge in [0.25, 0.3) is 0 Å². The number of rotatable bonds is 5. The van der Waals surface area contributed by atoms with Gasteiger partial charge in [0.1, 0.15) is 0 Å². The van der Waals surface area contributed by atoms with Crippen molar-refractivity contribution >= 4 is 71.2 Å². The van der Waals surface area contributed by atoms with E-state index >= 15 is 0 Å². The molecule has 1 aliphatic carbocycles. The molecule has 1 aromatic heterocycles. The summed E-state index contributed by atoms with van der Waals surface area (Å²) in [7, 11) is 0. The molecule has 1 heterocycles. The summed E-state index contributed by atoms with van der Waals surface area (Å²) in [5.74, 6) is 0. The number of fused-ring (bicyclic) bond motifs is 9. The molecule has 2 nitrogen and oxygen atoms in total. The van der Waals surface area contributed by atoms with Gasteiger partial charge >= 0.3 is 0 Å². The Hall–Kier alpha value is -7.42. The van der Waals surface area contributed by atoms with Crippen molar-refractivity contribution in [3.05, 3.63) is 206 Å². The fourth-order valence-electron chi connectivity index (χ4n) is 9.35. The van der Waals surface area contributed by atoms with Crippen molar-refractivity contribution in [2.24, 2.45) is 0 Å². The van der Waals surface area contributed by atoms with Crippen molar-refractivity contribution in [2.75, 3.05) is 4.90 Å². The maximum absolute atomic E-state index is 2.43. The lowest BCUT2D eigenvalue weighted by Crippen LogP contribution is -2.11. The number of para-hydroxylation sites is 2. The molecular formula is C54H34N2. The van der Waals surface area contributed by atoms with Gasteiger partial charge in [-0.05, 0) is 126 Å². The number of hydrogen-bond acceptors (Lipinski definition) is 1. The first kappa shape index (κ1) is 31.0. The largest absolute Gasteiger partial charge is 0.310 e. The zero-order valence-electron chi connectivity index (χ0n) is 30.5. The molecule has 11 aromatic rings. The van der Waals surface area contributed by atoms with Crippen molar-refractivity contribution in [1.29, 1.82) is 0 Å². The lowest BCUT2D eigenvalue weighted by Gasteiger charge is -2.27. The minimum atomic E-state index is 1.10. The van der Waals surface area contributed by atoms with Crippen molar-refractivity contribution in [1.82, 2.24) is 4.57 Å². The van der Waals surface area contributed by atoms with Crippen LogP contribution in [0.5, 0.6) is 0 Å². The SMILES string of the molecule is c1cc(N(c2ccc(-c3ccc4c(ccc5ccccc54)c3)cc2)c2cc3c4c(cccc4c2)-c2ccccc2-3)cc(-n2c3ccccc3c3ccccc32)c1. The topological polar surface area (TPSA) is 8.17 Å². The molecule has 0 bridgehead atoms. The first-order valence-corrected chi connectivity index (χ1v) is 19.3. The molecule has 56 heavy (non-hydrogen) atoms. The summed E-state index contributed by atoms with van der Waals surface area (Å²) in [6.07, 6.45) is 0. The first-order chi connectivity index (χ1) is 27.8. The molecule has 1 aliphatic rings. The van der Waals surface area contributed by atoms with Crippen molar-refractivity contribution < 1.29 is 0 Å². The summed E-state index contributed by atoms with van der Waals surface area (Å²) < 4.78 is 2.40. The highest BCUT2D eigenvalue weighted by Gasteiger charge is 2.24. The zero-order valence-corrected chi connectivity index (χ0v) is 30.5. The molecule has 260 valence electrons. The average molecular weight is 711 g/mol. The van der Waals surface area contributed by atoms with Crippen LogP contribution in [0.15, 0.2) is 206 Å². The van der Waals surface area contributed by atoms with Gasteiger partial charge in [-0.2, -0.15) is 0 Å². The van der Waals surface area contributed by atoms with Crippen LogP contribution in [0.4, 0.5) is 17.1 Å². The third-order valence-electron chi connectivity index (χ3n) is 11.9. The Balaban J connectivity index is 1.04. The average Bonchev–Trinajstić information content (AvgIpc) is 3.77. The normalized spacial score (nSPS) is 11.9. The van der Waals surface area contributed by atoms with E-state index in [-0.39, 0.29) is 0 Å². The molecule has 0 fully saturated rings. The summed E-state index contributed by atoms with van der Waals surface area (Å²) in [5, 5.41) is 10.2. The lowest BCUT2D eigenvalue weighted by molar-refractivity contribution is 1.17. The van der Waals surface area contributed by atoms with E-state index in [1.807, 2.05) is 0 Å². The van der Waals surface area contributed by atoms with Gasteiger partial charge in [-0.3, -0.25) is 0 Å². The molecule has 2 heteroatoms. The monoisotopic (exact) mass is 710 g/mol. The highest BCUT2D eigenvalue weighted by Crippen LogP contribution is 2.50. The standard InChI is InChI=1S/C54H34N2/c1-2-15-44-36(11-1)23-24-38-31-37(27-30-45(38)44)35-25-28-40(29-26-35)55(43-32-39-12-9-20-50-46-16-3-4-17-47(46)51(34-43)54(39)50)41-13-10-14-42(33-41)56-52-21-7-5-18-48(52)49-19-6-8-22-53(49)56/h1-34H. The summed E-state index contributed by atoms with van der Waals surface area (Å²) in [6.45, 7) is 0. The van der Waals surface area contributed by atoms with Gasteiger partial charge in [-0.25, -0.2) is 0 Å². The Morgan fingerprint density at radius 3 is 1.71 bits per heavy atom. The molecule has 0 unspecified atom stereocenters. The highest BCUT2D eigenvalue weighted by molar-refractivity contribution is 6.17. The Morgan fingerprint density at radius 2 is 0.911 bits per heavy atom. The third kappa shape index (κ3) is 4.63. The predicted octanol–water partition coefficient (Wildman–Crippen LogP) is 15.0. The minimum Gasteiger partial charge on any atom is -0.310 e. The van der Waals surface area contributed by atoms with E-state index in [1.54, 1.807) is 0 Å². The smallest absolute Gasteiger partial charge is 0.0541 e. The van der Waals surface area contributed by atoms with Crippen LogP contribution in [0.25, 0.3) is 93.2 Å². The summed E-state index contributed by atoms with van der Waals surface area (Å²) >= 11 is 0. The number of hydrogen-bond donors (Lipinski definition) is 0. The van der Waals surface area contributed by atoms with E-state index in [1.165, 1.54) is 87.5 Å². The minimum absolute atomic E-state index is 1.10. The Kier molecular flexibility index (Phi) is 6.66. The predicted molar refractivity (Wildman–Crippen MR) is 238 cm³/mol. The van der Waals surface area contributed by atoms with Gasteiger partial charge in [-0.1, -0.05) is 146 Å². The second-order valence-corrected chi connectivity index (χ2v) is 14.9. The van der Waals surface area contributed by atoms with Gasteiger partial charge in [0, 0.05) is 33.5 Å². The van der Waals surface area contributed by atoms with E-state index < -0.39 is 0 Å². The van der Waals surface area contributed by atoms with Crippen LogP contribution in [0.2, 0.25) is 0 Å². The van der Waals surface area contributed by atoms with Gasteiger partial charge in [0.15, 0.2) is 0 Å². The van der Waals surface area contributed by atoms with Crippen LogP contribution in [0.3, 0.4) is 0 Å². The Labute approximate surface area is 324 Å². The van der Waals surface area contributed by atoms with Crippen molar-refractivity contribution in [3.8, 4) is 39.1 Å². The fraction of sp³-hybridized carbons (Fsp3) is 0. The Bertz CT molecular complexity index is 3310. The molecule has 0 aliphatic heterocycles. The number of aromatic nitrogens is 1. The van der Waals surface area contributed by atoms with Crippen LogP contribution >= 0.6 is 0 Å². The first-order valence-electron chi connectivity index (χ1n) is 19.3. The maximum Gasteiger partial charge on any atom is 0.0541 e. The van der Waals surface area contributed by atoms with E-state index in [9.17, 15) is 0 Å². The molecule has 0 N–H and O–H groups in total. The molecule has 12 rings (SSSR count). The van der Waals surface area contributed by atoms with Crippen molar-refractivity contribution in [2.45, 2.75) is 0 Å². The van der Waals surface area contributed by atoms with E-state index in [0.29, 0.717) is 0 Å². The zero-order chi connectivity index (χ0) is 36.7. The summed E-state index contributed by atoms with van der Waals surface area (Å²) in [4.78, 5) is 2.43. The van der Waals surface area contributed by atoms with Gasteiger partial charge in [0.2, 0.25) is 0 Å². The number of benzene rings is 10. The number of anilines is 3. The quantitative estimate of drug-likeness (QED) is 0.161. The molecule has 0 atom stereocenters. The molecule has 0 saturated carbocycles. The molecular weight excluding hydrogens is 677 g/mol. The second-order valence-electron chi connectivity index (χ2n) is 14.9. The lowest BCUT2D eigenvalue weighted by atomic mass is 9.97. The van der Waals surface area contributed by atoms with Crippen LogP contribution in [-0.2, 0) is 0 Å². The second kappa shape index (κ2) is 12.0. The van der Waals surface area contributed by atoms with Crippen LogP contribution < -0.4 is 4.90 Å². The van der Waals surface area contributed by atoms with E-state index in [0.717, 1.165) is 22.7 Å². The fourth-order valence-corrected chi connectivity index (χ4v) is 9.35. The van der Waals surface area contributed by atoms with E-state index in [4.69, 9.17) is 0 Å². The molecule has 10 aromatic carbocycles. The van der Waals surface area contributed by atoms with Gasteiger partial charge < -0.3 is 9.47 Å². The van der Waals surface area contributed by atoms with Gasteiger partial charge in [0.05, 0.1) is 11.0 Å². The summed E-state index contributed by atoms with van der Waals surface area (Å²) in [5.41, 5.74) is 14.5. The molecule has 0 saturated heterocycles. The van der Waals surface area contributed by atoms with Crippen LogP contribution in [0, 0.1) is 0 Å². The van der Waals surface area contributed by atoms with Crippen LogP contribution in [0.1, 0.15) is 0 Å².